The van der Waals surface area contributed by atoms with E-state index in [1.807, 2.05) is 0 Å². The van der Waals surface area contributed by atoms with E-state index in [1.165, 1.54) is 41.8 Å². The average Bonchev–Trinajstić information content (AvgIpc) is 3.33. The minimum absolute atomic E-state index is 0.0487. The zero-order valence-corrected chi connectivity index (χ0v) is 19.5. The quantitative estimate of drug-likeness (QED) is 0.608. The van der Waals surface area contributed by atoms with Crippen molar-refractivity contribution in [1.29, 1.82) is 0 Å². The van der Waals surface area contributed by atoms with Crippen LogP contribution in [0.2, 0.25) is 0 Å². The molecule has 8 nitrogen and oxygen atoms in total. The normalized spacial score (nSPS) is 14.6. The number of rotatable bonds is 5. The van der Waals surface area contributed by atoms with Crippen LogP contribution in [0.25, 0.3) is 10.7 Å². The molecule has 0 aliphatic carbocycles. The number of aromatic nitrogens is 2. The molecule has 170 valence electrons. The number of ether oxygens (including phenoxy) is 1. The van der Waals surface area contributed by atoms with Gasteiger partial charge in [-0.2, -0.15) is 0 Å². The van der Waals surface area contributed by atoms with Crippen molar-refractivity contribution in [3.05, 3.63) is 52.4 Å². The Balaban J connectivity index is 1.61. The van der Waals surface area contributed by atoms with Crippen LogP contribution in [-0.4, -0.2) is 55.1 Å². The molecule has 32 heavy (non-hydrogen) atoms. The molecule has 0 radical (unpaired) electrons. The van der Waals surface area contributed by atoms with Gasteiger partial charge in [0.2, 0.25) is 0 Å². The lowest BCUT2D eigenvalue weighted by Gasteiger charge is -2.26. The van der Waals surface area contributed by atoms with Gasteiger partial charge < -0.3 is 14.2 Å². The fourth-order valence-electron chi connectivity index (χ4n) is 3.45. The number of hydrogen-bond donors (Lipinski definition) is 1. The molecule has 11 heteroatoms. The Kier molecular flexibility index (Phi) is 6.06. The molecule has 3 aromatic rings. The van der Waals surface area contributed by atoms with Crippen molar-refractivity contribution in [3.63, 3.8) is 0 Å². The molecule has 1 aliphatic rings. The van der Waals surface area contributed by atoms with Crippen molar-refractivity contribution >= 4 is 33.0 Å². The number of thiazole rings is 1. The van der Waals surface area contributed by atoms with Crippen LogP contribution in [0.1, 0.15) is 20.9 Å². The van der Waals surface area contributed by atoms with Crippen LogP contribution in [0.15, 0.2) is 35.4 Å². The third kappa shape index (κ3) is 4.41. The Labute approximate surface area is 189 Å². The Hall–Kier alpha value is -2.76. The smallest absolute Gasteiger partial charge is 0.266 e. The number of amides is 1. The first-order valence-corrected chi connectivity index (χ1v) is 12.3. The molecule has 0 atom stereocenters. The highest BCUT2D eigenvalue weighted by Crippen LogP contribution is 2.32. The molecular formula is C21H23FN4O4S2. The van der Waals surface area contributed by atoms with E-state index in [1.54, 1.807) is 30.4 Å². The summed E-state index contributed by atoms with van der Waals surface area (Å²) in [6.07, 6.45) is 1.48. The SMILES string of the molecule is Cc1cc(F)ccc1NS(=O)(=O)c1cc(-c2nc(C)c(C(=O)N3CCOCC3)s2)n(C)c1. The van der Waals surface area contributed by atoms with Crippen LogP contribution < -0.4 is 4.72 Å². The van der Waals surface area contributed by atoms with Gasteiger partial charge in [-0.15, -0.1) is 11.3 Å². The fraction of sp³-hybridized carbons (Fsp3) is 0.333. The van der Waals surface area contributed by atoms with E-state index in [-0.39, 0.29) is 10.8 Å². The molecule has 1 fully saturated rings. The van der Waals surface area contributed by atoms with Crippen LogP contribution in [-0.2, 0) is 21.8 Å². The van der Waals surface area contributed by atoms with E-state index in [9.17, 15) is 17.6 Å². The fourth-order valence-corrected chi connectivity index (χ4v) is 5.75. The molecule has 2 aromatic heterocycles. The summed E-state index contributed by atoms with van der Waals surface area (Å²) >= 11 is 1.24. The maximum atomic E-state index is 13.3. The van der Waals surface area contributed by atoms with Crippen molar-refractivity contribution in [1.82, 2.24) is 14.5 Å². The predicted octanol–water partition coefficient (Wildman–Crippen LogP) is 3.18. The first-order valence-electron chi connectivity index (χ1n) is 9.96. The van der Waals surface area contributed by atoms with E-state index >= 15 is 0 Å². The molecule has 0 unspecified atom stereocenters. The van der Waals surface area contributed by atoms with E-state index < -0.39 is 15.8 Å². The van der Waals surface area contributed by atoms with Gasteiger partial charge in [0.1, 0.15) is 20.6 Å². The largest absolute Gasteiger partial charge is 0.378 e. The van der Waals surface area contributed by atoms with Crippen LogP contribution >= 0.6 is 11.3 Å². The molecule has 0 spiro atoms. The summed E-state index contributed by atoms with van der Waals surface area (Å²) in [6.45, 7) is 5.49. The number of hydrogen-bond acceptors (Lipinski definition) is 6. The molecular weight excluding hydrogens is 455 g/mol. The summed E-state index contributed by atoms with van der Waals surface area (Å²) in [6, 6.07) is 5.37. The number of carbonyl (C=O) groups excluding carboxylic acids is 1. The van der Waals surface area contributed by atoms with Gasteiger partial charge in [0.25, 0.3) is 15.9 Å². The lowest BCUT2D eigenvalue weighted by Crippen LogP contribution is -2.40. The zero-order valence-electron chi connectivity index (χ0n) is 17.9. The highest BCUT2D eigenvalue weighted by Gasteiger charge is 2.25. The summed E-state index contributed by atoms with van der Waals surface area (Å²) in [7, 11) is -2.18. The van der Waals surface area contributed by atoms with E-state index in [0.29, 0.717) is 58.8 Å². The number of nitrogens with zero attached hydrogens (tertiary/aromatic N) is 3. The first kappa shape index (κ1) is 22.4. The lowest BCUT2D eigenvalue weighted by molar-refractivity contribution is 0.0305. The van der Waals surface area contributed by atoms with Crippen LogP contribution in [0.4, 0.5) is 10.1 Å². The van der Waals surface area contributed by atoms with Gasteiger partial charge in [0.15, 0.2) is 0 Å². The second-order valence-corrected chi connectivity index (χ2v) is 10.3. The van der Waals surface area contributed by atoms with E-state index in [4.69, 9.17) is 4.74 Å². The number of halogens is 1. The Morgan fingerprint density at radius 1 is 1.22 bits per heavy atom. The molecule has 1 aliphatic heterocycles. The molecule has 3 heterocycles. The molecule has 1 N–H and O–H groups in total. The second kappa shape index (κ2) is 8.64. The minimum atomic E-state index is -3.90. The topological polar surface area (TPSA) is 93.5 Å². The van der Waals surface area contributed by atoms with Crippen molar-refractivity contribution in [3.8, 4) is 10.7 Å². The number of aryl methyl sites for hydroxylation is 3. The lowest BCUT2D eigenvalue weighted by atomic mass is 10.2. The van der Waals surface area contributed by atoms with Crippen molar-refractivity contribution in [2.45, 2.75) is 18.7 Å². The van der Waals surface area contributed by atoms with Crippen molar-refractivity contribution in [2.24, 2.45) is 7.05 Å². The first-order chi connectivity index (χ1) is 15.2. The number of benzene rings is 1. The summed E-state index contributed by atoms with van der Waals surface area (Å²) in [4.78, 5) is 19.7. The number of sulfonamides is 1. The third-order valence-electron chi connectivity index (χ3n) is 5.23. The molecule has 0 bridgehead atoms. The Bertz CT molecular complexity index is 1280. The van der Waals surface area contributed by atoms with Crippen molar-refractivity contribution in [2.75, 3.05) is 31.0 Å². The minimum Gasteiger partial charge on any atom is -0.378 e. The molecule has 4 rings (SSSR count). The Morgan fingerprint density at radius 2 is 1.94 bits per heavy atom. The third-order valence-corrected chi connectivity index (χ3v) is 7.73. The Morgan fingerprint density at radius 3 is 2.62 bits per heavy atom. The van der Waals surface area contributed by atoms with Crippen LogP contribution in [0.3, 0.4) is 0 Å². The van der Waals surface area contributed by atoms with Gasteiger partial charge in [0, 0.05) is 26.3 Å². The maximum Gasteiger partial charge on any atom is 0.266 e. The summed E-state index contributed by atoms with van der Waals surface area (Å²) in [5, 5.41) is 0.557. The van der Waals surface area contributed by atoms with E-state index in [2.05, 4.69) is 9.71 Å². The van der Waals surface area contributed by atoms with Gasteiger partial charge in [-0.3, -0.25) is 9.52 Å². The monoisotopic (exact) mass is 478 g/mol. The highest BCUT2D eigenvalue weighted by atomic mass is 32.2. The molecule has 0 saturated carbocycles. The summed E-state index contributed by atoms with van der Waals surface area (Å²) in [5.41, 5.74) is 1.97. The van der Waals surface area contributed by atoms with E-state index in [0.717, 1.165) is 0 Å². The van der Waals surface area contributed by atoms with Crippen molar-refractivity contribution < 1.29 is 22.3 Å². The number of anilines is 1. The highest BCUT2D eigenvalue weighted by molar-refractivity contribution is 7.92. The van der Waals surface area contributed by atoms with Gasteiger partial charge in [-0.1, -0.05) is 0 Å². The zero-order chi connectivity index (χ0) is 23.0. The number of nitrogens with one attached hydrogen (secondary N) is 1. The maximum absolute atomic E-state index is 13.3. The number of morpholine rings is 1. The van der Waals surface area contributed by atoms with Crippen LogP contribution in [0, 0.1) is 19.7 Å². The molecule has 1 amide bonds. The van der Waals surface area contributed by atoms with Gasteiger partial charge in [-0.05, 0) is 43.7 Å². The van der Waals surface area contributed by atoms with Gasteiger partial charge >= 0.3 is 0 Å². The predicted molar refractivity (Wildman–Crippen MR) is 120 cm³/mol. The standard InChI is InChI=1S/C21H23FN4O4S2/c1-13-10-15(22)4-5-17(13)24-32(28,29)16-11-18(25(3)12-16)20-23-14(2)19(31-20)21(27)26-6-8-30-9-7-26/h4-5,10-12,24H,6-9H2,1-3H3. The van der Waals surface area contributed by atoms with Gasteiger partial charge in [-0.25, -0.2) is 17.8 Å². The molecule has 1 aromatic carbocycles. The van der Waals surface area contributed by atoms with Crippen LogP contribution in [0.5, 0.6) is 0 Å². The average molecular weight is 479 g/mol. The molecule has 1 saturated heterocycles. The second-order valence-electron chi connectivity index (χ2n) is 7.57. The summed E-state index contributed by atoms with van der Waals surface area (Å²) in [5.74, 6) is -0.529. The van der Waals surface area contributed by atoms with Gasteiger partial charge in [0.05, 0.1) is 30.3 Å². The summed E-state index contributed by atoms with van der Waals surface area (Å²) < 4.78 is 48.6. The number of carbonyl (C=O) groups is 1.